The molecule has 3 heterocycles. The Balaban J connectivity index is 1.34. The van der Waals surface area contributed by atoms with Crippen molar-refractivity contribution < 1.29 is 23.8 Å². The van der Waals surface area contributed by atoms with E-state index in [-0.39, 0.29) is 30.9 Å². The molecular weight excluding hydrogens is 386 g/mol. The van der Waals surface area contributed by atoms with E-state index in [1.165, 1.54) is 0 Å². The molecule has 8 nitrogen and oxygen atoms in total. The molecule has 0 bridgehead atoms. The van der Waals surface area contributed by atoms with Crippen LogP contribution >= 0.6 is 0 Å². The Morgan fingerprint density at radius 3 is 2.73 bits per heavy atom. The van der Waals surface area contributed by atoms with Crippen molar-refractivity contribution in [3.8, 4) is 11.5 Å². The van der Waals surface area contributed by atoms with Gasteiger partial charge in [0.1, 0.15) is 0 Å². The summed E-state index contributed by atoms with van der Waals surface area (Å²) in [6, 6.07) is 5.73. The third kappa shape index (κ3) is 4.70. The molecule has 2 unspecified atom stereocenters. The van der Waals surface area contributed by atoms with Crippen molar-refractivity contribution in [2.24, 2.45) is 11.8 Å². The van der Waals surface area contributed by atoms with Crippen molar-refractivity contribution in [2.45, 2.75) is 32.7 Å². The molecule has 164 valence electrons. The summed E-state index contributed by atoms with van der Waals surface area (Å²) in [6.07, 6.45) is 1.25. The van der Waals surface area contributed by atoms with E-state index in [0.717, 1.165) is 38.4 Å². The minimum absolute atomic E-state index is 0.0408. The van der Waals surface area contributed by atoms with Crippen LogP contribution in [0.1, 0.15) is 26.7 Å². The van der Waals surface area contributed by atoms with Gasteiger partial charge < -0.3 is 24.4 Å². The van der Waals surface area contributed by atoms with Crippen molar-refractivity contribution in [1.29, 1.82) is 0 Å². The van der Waals surface area contributed by atoms with Gasteiger partial charge in [0.15, 0.2) is 11.5 Å². The summed E-state index contributed by atoms with van der Waals surface area (Å²) in [7, 11) is 0. The normalized spacial score (nSPS) is 22.6. The highest BCUT2D eigenvalue weighted by atomic mass is 16.7. The number of nitrogens with one attached hydrogen (secondary N) is 1. The number of carbonyl (C=O) groups is 2. The zero-order chi connectivity index (χ0) is 21.1. The molecule has 2 saturated heterocycles. The van der Waals surface area contributed by atoms with E-state index in [2.05, 4.69) is 24.1 Å². The van der Waals surface area contributed by atoms with E-state index in [1.54, 1.807) is 17.0 Å². The van der Waals surface area contributed by atoms with Crippen LogP contribution in [0.15, 0.2) is 18.2 Å². The molecule has 0 aliphatic carbocycles. The van der Waals surface area contributed by atoms with Gasteiger partial charge in [-0.05, 0) is 24.5 Å². The molecule has 2 atom stereocenters. The Labute approximate surface area is 177 Å². The number of anilines is 1. The molecule has 3 aliphatic heterocycles. The molecule has 0 radical (unpaired) electrons. The van der Waals surface area contributed by atoms with E-state index in [9.17, 15) is 9.59 Å². The Kier molecular flexibility index (Phi) is 6.43. The molecule has 8 heteroatoms. The van der Waals surface area contributed by atoms with Crippen LogP contribution in [0.25, 0.3) is 0 Å². The lowest BCUT2D eigenvalue weighted by atomic mass is 10.0. The van der Waals surface area contributed by atoms with Gasteiger partial charge in [0.05, 0.1) is 19.1 Å². The molecule has 30 heavy (non-hydrogen) atoms. The molecule has 1 aromatic carbocycles. The van der Waals surface area contributed by atoms with E-state index in [1.807, 2.05) is 6.07 Å². The standard InChI is InChI=1S/C22H31N3O5/c1-15(2)9-18(24-5-7-28-8-6-24)12-23-22(27)16-10-21(26)25(13-16)17-3-4-19-20(11-17)30-14-29-19/h3-4,11,15-16,18H,5-10,12-14H2,1-2H3,(H,23,27). The monoisotopic (exact) mass is 417 g/mol. The minimum atomic E-state index is -0.340. The topological polar surface area (TPSA) is 80.3 Å². The summed E-state index contributed by atoms with van der Waals surface area (Å²) >= 11 is 0. The zero-order valence-corrected chi connectivity index (χ0v) is 17.8. The van der Waals surface area contributed by atoms with E-state index >= 15 is 0 Å². The third-order valence-electron chi connectivity index (χ3n) is 5.98. The number of hydrogen-bond acceptors (Lipinski definition) is 6. The Morgan fingerprint density at radius 1 is 1.20 bits per heavy atom. The number of hydrogen-bond donors (Lipinski definition) is 1. The maximum atomic E-state index is 12.9. The fraction of sp³-hybridized carbons (Fsp3) is 0.636. The predicted molar refractivity (Wildman–Crippen MR) is 112 cm³/mol. The van der Waals surface area contributed by atoms with Gasteiger partial charge in [-0.15, -0.1) is 0 Å². The summed E-state index contributed by atoms with van der Waals surface area (Å²) in [5.41, 5.74) is 0.741. The molecule has 4 rings (SSSR count). The second-order valence-corrected chi connectivity index (χ2v) is 8.62. The maximum Gasteiger partial charge on any atom is 0.231 e. The lowest BCUT2D eigenvalue weighted by Gasteiger charge is -2.35. The van der Waals surface area contributed by atoms with Crippen molar-refractivity contribution in [3.63, 3.8) is 0 Å². The molecule has 1 N–H and O–H groups in total. The summed E-state index contributed by atoms with van der Waals surface area (Å²) < 4.78 is 16.2. The summed E-state index contributed by atoms with van der Waals surface area (Å²) in [4.78, 5) is 29.5. The van der Waals surface area contributed by atoms with Gasteiger partial charge in [-0.3, -0.25) is 14.5 Å². The number of nitrogens with zero attached hydrogens (tertiary/aromatic N) is 2. The summed E-state index contributed by atoms with van der Waals surface area (Å²) in [5, 5.41) is 3.12. The number of morpholine rings is 1. The number of amides is 2. The molecule has 3 aliphatic rings. The predicted octanol–water partition coefficient (Wildman–Crippen LogP) is 1.63. The van der Waals surface area contributed by atoms with Gasteiger partial charge in [-0.2, -0.15) is 0 Å². The van der Waals surface area contributed by atoms with Gasteiger partial charge in [0, 0.05) is 50.4 Å². The molecule has 0 saturated carbocycles. The fourth-order valence-electron chi connectivity index (χ4n) is 4.40. The highest BCUT2D eigenvalue weighted by molar-refractivity contribution is 6.00. The SMILES string of the molecule is CC(C)CC(CNC(=O)C1CC(=O)N(c2ccc3c(c2)OCO3)C1)N1CCOCC1. The summed E-state index contributed by atoms with van der Waals surface area (Å²) in [6.45, 7) is 8.86. The van der Waals surface area contributed by atoms with Crippen LogP contribution in [0, 0.1) is 11.8 Å². The van der Waals surface area contributed by atoms with Gasteiger partial charge in [-0.1, -0.05) is 13.8 Å². The van der Waals surface area contributed by atoms with E-state index in [0.29, 0.717) is 36.5 Å². The quantitative estimate of drug-likeness (QED) is 0.726. The van der Waals surface area contributed by atoms with Gasteiger partial charge in [0.2, 0.25) is 18.6 Å². The molecular formula is C22H31N3O5. The molecule has 1 aromatic rings. The summed E-state index contributed by atoms with van der Waals surface area (Å²) in [5.74, 6) is 1.43. The van der Waals surface area contributed by atoms with Crippen LogP contribution in [0.5, 0.6) is 11.5 Å². The zero-order valence-electron chi connectivity index (χ0n) is 17.8. The Bertz CT molecular complexity index is 778. The smallest absolute Gasteiger partial charge is 0.231 e. The van der Waals surface area contributed by atoms with E-state index < -0.39 is 0 Å². The lowest BCUT2D eigenvalue weighted by molar-refractivity contribution is -0.126. The molecule has 0 spiro atoms. The number of fused-ring (bicyclic) bond motifs is 1. The second-order valence-electron chi connectivity index (χ2n) is 8.62. The van der Waals surface area contributed by atoms with Crippen molar-refractivity contribution in [2.75, 3.05) is 51.1 Å². The average Bonchev–Trinajstić information content (AvgIpc) is 3.37. The van der Waals surface area contributed by atoms with Crippen LogP contribution in [0.3, 0.4) is 0 Å². The maximum absolute atomic E-state index is 12.9. The number of rotatable bonds is 7. The molecule has 2 amide bonds. The molecule has 2 fully saturated rings. The van der Waals surface area contributed by atoms with Crippen LogP contribution in [0.4, 0.5) is 5.69 Å². The van der Waals surface area contributed by atoms with Crippen LogP contribution < -0.4 is 19.7 Å². The van der Waals surface area contributed by atoms with Crippen LogP contribution in [-0.4, -0.2) is 68.9 Å². The van der Waals surface area contributed by atoms with Crippen molar-refractivity contribution in [3.05, 3.63) is 18.2 Å². The number of ether oxygens (including phenoxy) is 3. The van der Waals surface area contributed by atoms with Gasteiger partial charge >= 0.3 is 0 Å². The lowest BCUT2D eigenvalue weighted by Crippen LogP contribution is -2.50. The number of carbonyl (C=O) groups excluding carboxylic acids is 2. The largest absolute Gasteiger partial charge is 0.454 e. The Hall–Kier alpha value is -2.32. The second kappa shape index (κ2) is 9.22. The number of benzene rings is 1. The minimum Gasteiger partial charge on any atom is -0.454 e. The first-order valence-electron chi connectivity index (χ1n) is 10.8. The van der Waals surface area contributed by atoms with E-state index in [4.69, 9.17) is 14.2 Å². The highest BCUT2D eigenvalue weighted by Crippen LogP contribution is 2.37. The first-order chi connectivity index (χ1) is 14.5. The Morgan fingerprint density at radius 2 is 1.97 bits per heavy atom. The van der Waals surface area contributed by atoms with Crippen molar-refractivity contribution >= 4 is 17.5 Å². The first-order valence-corrected chi connectivity index (χ1v) is 10.8. The van der Waals surface area contributed by atoms with Gasteiger partial charge in [-0.25, -0.2) is 0 Å². The van der Waals surface area contributed by atoms with Gasteiger partial charge in [0.25, 0.3) is 0 Å². The van der Waals surface area contributed by atoms with Crippen molar-refractivity contribution in [1.82, 2.24) is 10.2 Å². The molecule has 0 aromatic heterocycles. The highest BCUT2D eigenvalue weighted by Gasteiger charge is 2.36. The first kappa shape index (κ1) is 20.9. The van der Waals surface area contributed by atoms with Crippen LogP contribution in [-0.2, 0) is 14.3 Å². The fourth-order valence-corrected chi connectivity index (χ4v) is 4.40. The van der Waals surface area contributed by atoms with Crippen LogP contribution in [0.2, 0.25) is 0 Å². The third-order valence-corrected chi connectivity index (χ3v) is 5.98. The average molecular weight is 418 g/mol.